The number of nitrogens with zero attached hydrogens (tertiary/aromatic N) is 3. The van der Waals surface area contributed by atoms with E-state index in [-0.39, 0.29) is 0 Å². The average Bonchev–Trinajstić information content (AvgIpc) is 2.51. The Bertz CT molecular complexity index is 315. The van der Waals surface area contributed by atoms with Crippen molar-refractivity contribution in [2.45, 2.75) is 18.6 Å². The van der Waals surface area contributed by atoms with Crippen molar-refractivity contribution in [1.29, 1.82) is 0 Å². The van der Waals surface area contributed by atoms with Crippen LogP contribution in [0.5, 0.6) is 0 Å². The van der Waals surface area contributed by atoms with Crippen LogP contribution >= 0.6 is 27.3 Å². The first-order valence-corrected chi connectivity index (χ1v) is 5.81. The van der Waals surface area contributed by atoms with Gasteiger partial charge in [-0.2, -0.15) is 0 Å². The summed E-state index contributed by atoms with van der Waals surface area (Å²) in [4.78, 5) is 2.25. The van der Waals surface area contributed by atoms with Crippen LogP contribution in [0.2, 0.25) is 0 Å². The number of piperidine rings is 1. The molecular weight excluding hydrogens is 254 g/mol. The largest absolute Gasteiger partial charge is 0.371 e. The summed E-state index contributed by atoms with van der Waals surface area (Å²) in [6.45, 7) is 1.94. The fourth-order valence-corrected chi connectivity index (χ4v) is 2.94. The second kappa shape index (κ2) is 2.90. The van der Waals surface area contributed by atoms with E-state index in [0.29, 0.717) is 12.2 Å². The van der Waals surface area contributed by atoms with Crippen LogP contribution in [0.1, 0.15) is 6.42 Å². The number of ether oxygens (including phenoxy) is 1. The molecule has 0 aromatic carbocycles. The van der Waals surface area contributed by atoms with Gasteiger partial charge in [-0.1, -0.05) is 11.3 Å². The Morgan fingerprint density at radius 3 is 2.62 bits per heavy atom. The molecule has 3 aliphatic heterocycles. The van der Waals surface area contributed by atoms with Crippen molar-refractivity contribution in [3.8, 4) is 0 Å². The maximum atomic E-state index is 5.54. The lowest BCUT2D eigenvalue weighted by Crippen LogP contribution is -2.57. The summed E-state index contributed by atoms with van der Waals surface area (Å²) in [5, 5.41) is 9.03. The highest BCUT2D eigenvalue weighted by Gasteiger charge is 2.39. The molecule has 3 aliphatic rings. The standard InChI is InChI=1S/C7H8BrN3OS/c8-6-9-10-7(13-6)11-2-4-1-5(3-11)12-4/h4-5H,1-3H2/t4-,5?/m1/s1. The number of aromatic nitrogens is 2. The number of halogens is 1. The van der Waals surface area contributed by atoms with E-state index in [0.717, 1.165) is 22.1 Å². The molecule has 2 atom stereocenters. The zero-order valence-electron chi connectivity index (χ0n) is 6.81. The number of fused-ring (bicyclic) bond motifs is 2. The van der Waals surface area contributed by atoms with Gasteiger partial charge in [0.25, 0.3) is 0 Å². The monoisotopic (exact) mass is 261 g/mol. The third-order valence-corrected chi connectivity index (χ3v) is 3.84. The summed E-state index contributed by atoms with van der Waals surface area (Å²) in [6, 6.07) is 0. The summed E-state index contributed by atoms with van der Waals surface area (Å²) in [7, 11) is 0. The van der Waals surface area contributed by atoms with Crippen molar-refractivity contribution in [3.05, 3.63) is 3.92 Å². The van der Waals surface area contributed by atoms with Crippen LogP contribution in [0.3, 0.4) is 0 Å². The molecule has 1 aromatic rings. The number of rotatable bonds is 1. The predicted octanol–water partition coefficient (Wildman–Crippen LogP) is 1.28. The van der Waals surface area contributed by atoms with Gasteiger partial charge in [0.05, 0.1) is 12.2 Å². The number of hydrogen-bond donors (Lipinski definition) is 0. The minimum absolute atomic E-state index is 0.432. The Labute approximate surface area is 88.0 Å². The van der Waals surface area contributed by atoms with Crippen LogP contribution in [0.15, 0.2) is 3.92 Å². The van der Waals surface area contributed by atoms with Crippen molar-refractivity contribution in [1.82, 2.24) is 10.2 Å². The molecule has 0 radical (unpaired) electrons. The number of hydrogen-bond acceptors (Lipinski definition) is 5. The van der Waals surface area contributed by atoms with Gasteiger partial charge < -0.3 is 9.64 Å². The van der Waals surface area contributed by atoms with E-state index in [1.807, 2.05) is 0 Å². The molecule has 0 N–H and O–H groups in total. The van der Waals surface area contributed by atoms with E-state index in [9.17, 15) is 0 Å². The second-order valence-corrected chi connectivity index (χ2v) is 5.59. The lowest BCUT2D eigenvalue weighted by molar-refractivity contribution is -0.133. The van der Waals surface area contributed by atoms with Crippen LogP contribution in [-0.4, -0.2) is 35.5 Å². The van der Waals surface area contributed by atoms with E-state index >= 15 is 0 Å². The molecule has 4 heterocycles. The topological polar surface area (TPSA) is 38.2 Å². The third kappa shape index (κ3) is 1.37. The maximum absolute atomic E-state index is 5.54. The van der Waals surface area contributed by atoms with Gasteiger partial charge in [0.2, 0.25) is 5.13 Å². The molecule has 1 unspecified atom stereocenters. The Morgan fingerprint density at radius 1 is 1.38 bits per heavy atom. The van der Waals surface area contributed by atoms with Gasteiger partial charge in [0.1, 0.15) is 0 Å². The van der Waals surface area contributed by atoms with E-state index in [1.165, 1.54) is 6.42 Å². The second-order valence-electron chi connectivity index (χ2n) is 3.36. The normalized spacial score (nSPS) is 31.6. The summed E-state index contributed by atoms with van der Waals surface area (Å²) < 4.78 is 6.39. The molecule has 3 fully saturated rings. The van der Waals surface area contributed by atoms with Crippen molar-refractivity contribution < 1.29 is 4.74 Å². The quantitative estimate of drug-likeness (QED) is 0.764. The smallest absolute Gasteiger partial charge is 0.209 e. The molecule has 2 bridgehead atoms. The molecule has 3 saturated heterocycles. The lowest BCUT2D eigenvalue weighted by atomic mass is 9.99. The van der Waals surface area contributed by atoms with Gasteiger partial charge in [-0.05, 0) is 15.9 Å². The molecule has 4 nitrogen and oxygen atoms in total. The summed E-state index contributed by atoms with van der Waals surface area (Å²) >= 11 is 4.89. The van der Waals surface area contributed by atoms with Crippen LogP contribution in [0.25, 0.3) is 0 Å². The van der Waals surface area contributed by atoms with E-state index in [4.69, 9.17) is 4.74 Å². The molecule has 1 aromatic heterocycles. The summed E-state index contributed by atoms with van der Waals surface area (Å²) in [5.74, 6) is 0. The van der Waals surface area contributed by atoms with E-state index in [1.54, 1.807) is 11.3 Å². The molecule has 6 heteroatoms. The first-order chi connectivity index (χ1) is 6.31. The highest BCUT2D eigenvalue weighted by atomic mass is 79.9. The van der Waals surface area contributed by atoms with Gasteiger partial charge in [0, 0.05) is 19.5 Å². The molecule has 4 rings (SSSR count). The van der Waals surface area contributed by atoms with Gasteiger partial charge in [-0.25, -0.2) is 0 Å². The average molecular weight is 262 g/mol. The highest BCUT2D eigenvalue weighted by Crippen LogP contribution is 2.33. The zero-order valence-corrected chi connectivity index (χ0v) is 9.21. The minimum Gasteiger partial charge on any atom is -0.371 e. The van der Waals surface area contributed by atoms with E-state index < -0.39 is 0 Å². The molecule has 0 aliphatic carbocycles. The van der Waals surface area contributed by atoms with E-state index in [2.05, 4.69) is 31.0 Å². The predicted molar refractivity (Wildman–Crippen MR) is 53.1 cm³/mol. The maximum Gasteiger partial charge on any atom is 0.209 e. The Hall–Kier alpha value is -0.200. The number of anilines is 1. The Balaban J connectivity index is 1.79. The number of morpholine rings is 1. The molecule has 0 amide bonds. The SMILES string of the molecule is Brc1nnc(N2CC3C[C@H](C2)O3)s1. The molecular formula is C7H8BrN3OS. The van der Waals surface area contributed by atoms with Crippen LogP contribution in [-0.2, 0) is 4.74 Å². The van der Waals surface area contributed by atoms with Crippen molar-refractivity contribution in [2.75, 3.05) is 18.0 Å². The zero-order chi connectivity index (χ0) is 8.84. The van der Waals surface area contributed by atoms with Gasteiger partial charge in [-0.3, -0.25) is 0 Å². The van der Waals surface area contributed by atoms with Crippen LogP contribution in [0, 0.1) is 0 Å². The lowest BCUT2D eigenvalue weighted by Gasteiger charge is -2.46. The fraction of sp³-hybridized carbons (Fsp3) is 0.714. The molecule has 0 saturated carbocycles. The molecule has 13 heavy (non-hydrogen) atoms. The minimum atomic E-state index is 0.432. The first-order valence-electron chi connectivity index (χ1n) is 4.20. The van der Waals surface area contributed by atoms with Crippen molar-refractivity contribution >= 4 is 32.4 Å². The van der Waals surface area contributed by atoms with Crippen molar-refractivity contribution in [3.63, 3.8) is 0 Å². The molecule has 0 spiro atoms. The Morgan fingerprint density at radius 2 is 2.08 bits per heavy atom. The van der Waals surface area contributed by atoms with Gasteiger partial charge >= 0.3 is 0 Å². The summed E-state index contributed by atoms with van der Waals surface area (Å²) in [6.07, 6.45) is 2.08. The highest BCUT2D eigenvalue weighted by molar-refractivity contribution is 9.11. The van der Waals surface area contributed by atoms with Crippen molar-refractivity contribution in [2.24, 2.45) is 0 Å². The Kier molecular flexibility index (Phi) is 1.81. The fourth-order valence-electron chi connectivity index (χ4n) is 1.84. The molecule has 70 valence electrons. The van der Waals surface area contributed by atoms with Crippen LogP contribution < -0.4 is 4.90 Å². The first kappa shape index (κ1) is 8.14. The van der Waals surface area contributed by atoms with Gasteiger partial charge in [-0.15, -0.1) is 10.2 Å². The third-order valence-electron chi connectivity index (χ3n) is 2.42. The summed E-state index contributed by atoms with van der Waals surface area (Å²) in [5.41, 5.74) is 0. The van der Waals surface area contributed by atoms with Crippen LogP contribution in [0.4, 0.5) is 5.13 Å². The van der Waals surface area contributed by atoms with Gasteiger partial charge in [0.15, 0.2) is 3.92 Å².